The summed E-state index contributed by atoms with van der Waals surface area (Å²) in [5, 5.41) is 10.5. The summed E-state index contributed by atoms with van der Waals surface area (Å²) in [6.45, 7) is 9.42. The molecule has 3 fully saturated rings. The van der Waals surface area contributed by atoms with Crippen LogP contribution in [0.3, 0.4) is 0 Å². The Hall–Kier alpha value is -1.40. The summed E-state index contributed by atoms with van der Waals surface area (Å²) in [4.78, 5) is 25.0. The standard InChI is InChI=1S/C20H28O6/c1-9-15-14(24-17(9)22)8-12-6-7-13(21)10(2)19(12,4)16(15)25-18(23)20(5)11(3)26-20/h10-14,16,21H,6-8H2,1-5H3/t10-,11?,12+,13-,14+,16+,19+,20?/m0/s1. The van der Waals surface area contributed by atoms with Gasteiger partial charge < -0.3 is 19.3 Å². The highest BCUT2D eigenvalue weighted by Crippen LogP contribution is 2.58. The van der Waals surface area contributed by atoms with E-state index in [0.717, 1.165) is 24.8 Å². The van der Waals surface area contributed by atoms with Crippen LogP contribution in [-0.4, -0.2) is 47.1 Å². The van der Waals surface area contributed by atoms with Gasteiger partial charge in [0.1, 0.15) is 12.2 Å². The lowest BCUT2D eigenvalue weighted by Crippen LogP contribution is -2.58. The van der Waals surface area contributed by atoms with Crippen molar-refractivity contribution in [2.75, 3.05) is 0 Å². The van der Waals surface area contributed by atoms with Crippen molar-refractivity contribution in [2.24, 2.45) is 17.3 Å². The largest absolute Gasteiger partial charge is 0.455 e. The van der Waals surface area contributed by atoms with Crippen LogP contribution in [0.25, 0.3) is 0 Å². The summed E-state index contributed by atoms with van der Waals surface area (Å²) >= 11 is 0. The maximum atomic E-state index is 12.8. The summed E-state index contributed by atoms with van der Waals surface area (Å²) in [7, 11) is 0. The van der Waals surface area contributed by atoms with E-state index in [1.54, 1.807) is 13.8 Å². The topological polar surface area (TPSA) is 85.4 Å². The Morgan fingerprint density at radius 1 is 1.27 bits per heavy atom. The van der Waals surface area contributed by atoms with E-state index in [0.29, 0.717) is 5.57 Å². The molecule has 0 spiro atoms. The third-order valence-corrected chi connectivity index (χ3v) is 7.70. The fraction of sp³-hybridized carbons (Fsp3) is 0.800. The number of carbonyl (C=O) groups excluding carboxylic acids is 2. The number of hydrogen-bond acceptors (Lipinski definition) is 6. The number of esters is 2. The van der Waals surface area contributed by atoms with Crippen molar-refractivity contribution in [3.05, 3.63) is 11.1 Å². The predicted molar refractivity (Wildman–Crippen MR) is 92.0 cm³/mol. The molecule has 0 amide bonds. The lowest BCUT2D eigenvalue weighted by Gasteiger charge is -2.56. The predicted octanol–water partition coefficient (Wildman–Crippen LogP) is 2.13. The zero-order valence-corrected chi connectivity index (χ0v) is 16.1. The van der Waals surface area contributed by atoms with Crippen molar-refractivity contribution in [3.8, 4) is 0 Å². The summed E-state index contributed by atoms with van der Waals surface area (Å²) in [6.07, 6.45) is 0.752. The van der Waals surface area contributed by atoms with Crippen LogP contribution in [-0.2, 0) is 23.8 Å². The Bertz CT molecular complexity index is 698. The van der Waals surface area contributed by atoms with Gasteiger partial charge in [-0.3, -0.25) is 0 Å². The monoisotopic (exact) mass is 364 g/mol. The average molecular weight is 364 g/mol. The second kappa shape index (κ2) is 5.55. The van der Waals surface area contributed by atoms with Gasteiger partial charge in [0.25, 0.3) is 0 Å². The first kappa shape index (κ1) is 18.0. The van der Waals surface area contributed by atoms with E-state index < -0.39 is 29.2 Å². The van der Waals surface area contributed by atoms with E-state index in [2.05, 4.69) is 6.92 Å². The van der Waals surface area contributed by atoms with E-state index >= 15 is 0 Å². The molecule has 1 N–H and O–H groups in total. The molecule has 6 nitrogen and oxygen atoms in total. The van der Waals surface area contributed by atoms with E-state index in [-0.39, 0.29) is 30.0 Å². The van der Waals surface area contributed by atoms with Crippen molar-refractivity contribution in [1.82, 2.24) is 0 Å². The second-order valence-electron chi connectivity index (χ2n) is 8.86. The lowest BCUT2D eigenvalue weighted by molar-refractivity contribution is -0.182. The van der Waals surface area contributed by atoms with Crippen molar-refractivity contribution in [1.29, 1.82) is 0 Å². The molecule has 2 saturated carbocycles. The highest BCUT2D eigenvalue weighted by molar-refractivity contribution is 5.92. The SMILES string of the molecule is CC1=C2[C@@H](OC(=O)C3(C)OC3C)[C@@]3(C)[C@H](CC[C@H](O)[C@@H]3C)C[C@H]2OC1=O. The van der Waals surface area contributed by atoms with Crippen LogP contribution in [0.2, 0.25) is 0 Å². The molecule has 0 aromatic carbocycles. The third kappa shape index (κ3) is 2.24. The number of aliphatic hydroxyl groups excluding tert-OH is 1. The number of epoxide rings is 1. The summed E-state index contributed by atoms with van der Waals surface area (Å²) in [5.41, 5.74) is -0.0505. The van der Waals surface area contributed by atoms with Crippen molar-refractivity contribution in [3.63, 3.8) is 0 Å². The Kier molecular flexibility index (Phi) is 3.84. The van der Waals surface area contributed by atoms with Gasteiger partial charge in [0.15, 0.2) is 5.60 Å². The molecular formula is C20H28O6. The molecule has 2 heterocycles. The Morgan fingerprint density at radius 3 is 2.54 bits per heavy atom. The van der Waals surface area contributed by atoms with Crippen LogP contribution in [0, 0.1) is 17.3 Å². The lowest BCUT2D eigenvalue weighted by atomic mass is 9.52. The van der Waals surface area contributed by atoms with Crippen molar-refractivity contribution >= 4 is 11.9 Å². The fourth-order valence-corrected chi connectivity index (χ4v) is 5.28. The van der Waals surface area contributed by atoms with Gasteiger partial charge in [-0.2, -0.15) is 0 Å². The van der Waals surface area contributed by atoms with Crippen LogP contribution < -0.4 is 0 Å². The Morgan fingerprint density at radius 2 is 1.92 bits per heavy atom. The van der Waals surface area contributed by atoms with Gasteiger partial charge in [-0.05, 0) is 51.9 Å². The molecule has 4 rings (SSSR count). The van der Waals surface area contributed by atoms with Crippen LogP contribution in [0.4, 0.5) is 0 Å². The van der Waals surface area contributed by atoms with Gasteiger partial charge in [0.05, 0.1) is 12.2 Å². The molecule has 1 saturated heterocycles. The van der Waals surface area contributed by atoms with Gasteiger partial charge in [0, 0.05) is 16.6 Å². The molecule has 2 aliphatic heterocycles. The minimum Gasteiger partial charge on any atom is -0.455 e. The number of hydrogen-bond donors (Lipinski definition) is 1. The van der Waals surface area contributed by atoms with Crippen LogP contribution in [0.1, 0.15) is 53.9 Å². The summed E-state index contributed by atoms with van der Waals surface area (Å²) in [5.74, 6) is -0.566. The van der Waals surface area contributed by atoms with Crippen molar-refractivity contribution in [2.45, 2.75) is 83.9 Å². The van der Waals surface area contributed by atoms with Gasteiger partial charge in [-0.25, -0.2) is 9.59 Å². The van der Waals surface area contributed by atoms with Crippen LogP contribution >= 0.6 is 0 Å². The quantitative estimate of drug-likeness (QED) is 0.597. The van der Waals surface area contributed by atoms with Gasteiger partial charge in [-0.1, -0.05) is 13.8 Å². The summed E-state index contributed by atoms with van der Waals surface area (Å²) in [6, 6.07) is 0. The first-order valence-corrected chi connectivity index (χ1v) is 9.59. The minimum absolute atomic E-state index is 0.0543. The molecule has 0 aromatic heterocycles. The fourth-order valence-electron chi connectivity index (χ4n) is 5.28. The van der Waals surface area contributed by atoms with Crippen molar-refractivity contribution < 1.29 is 28.9 Å². The Labute approximate surface area is 153 Å². The molecule has 26 heavy (non-hydrogen) atoms. The number of aliphatic hydroxyl groups is 1. The maximum Gasteiger partial charge on any atom is 0.341 e. The maximum absolute atomic E-state index is 12.8. The number of rotatable bonds is 2. The van der Waals surface area contributed by atoms with E-state index in [1.165, 1.54) is 0 Å². The van der Waals surface area contributed by atoms with Gasteiger partial charge in [-0.15, -0.1) is 0 Å². The summed E-state index contributed by atoms with van der Waals surface area (Å²) < 4.78 is 17.1. The molecule has 0 bridgehead atoms. The molecule has 2 unspecified atom stereocenters. The molecule has 8 atom stereocenters. The first-order valence-electron chi connectivity index (χ1n) is 9.59. The zero-order valence-electron chi connectivity index (χ0n) is 16.1. The minimum atomic E-state index is -0.923. The van der Waals surface area contributed by atoms with E-state index in [4.69, 9.17) is 14.2 Å². The number of fused-ring (bicyclic) bond motifs is 2. The molecule has 6 heteroatoms. The molecule has 144 valence electrons. The highest BCUT2D eigenvalue weighted by Gasteiger charge is 2.63. The van der Waals surface area contributed by atoms with Crippen LogP contribution in [0.5, 0.6) is 0 Å². The average Bonchev–Trinajstić information content (AvgIpc) is 3.11. The molecule has 0 radical (unpaired) electrons. The molecule has 2 aliphatic carbocycles. The normalized spacial score (nSPS) is 50.0. The first-order chi connectivity index (χ1) is 12.1. The highest BCUT2D eigenvalue weighted by atomic mass is 16.7. The van der Waals surface area contributed by atoms with E-state index in [9.17, 15) is 14.7 Å². The van der Waals surface area contributed by atoms with Crippen LogP contribution in [0.15, 0.2) is 11.1 Å². The second-order valence-corrected chi connectivity index (χ2v) is 8.86. The Balaban J connectivity index is 1.76. The smallest absolute Gasteiger partial charge is 0.341 e. The number of carbonyl (C=O) groups is 2. The molecular weight excluding hydrogens is 336 g/mol. The van der Waals surface area contributed by atoms with E-state index in [1.807, 2.05) is 13.8 Å². The molecule has 0 aromatic rings. The molecule has 4 aliphatic rings. The van der Waals surface area contributed by atoms with Gasteiger partial charge in [0.2, 0.25) is 0 Å². The zero-order chi connectivity index (χ0) is 19.0. The number of ether oxygens (including phenoxy) is 3. The third-order valence-electron chi connectivity index (χ3n) is 7.70. The van der Waals surface area contributed by atoms with Gasteiger partial charge >= 0.3 is 11.9 Å².